The summed E-state index contributed by atoms with van der Waals surface area (Å²) in [5.41, 5.74) is 5.79. The number of aliphatic hydroxyl groups is 1. The molecule has 1 aliphatic heterocycles. The van der Waals surface area contributed by atoms with Crippen molar-refractivity contribution in [3.8, 4) is 0 Å². The fraction of sp³-hybridized carbons (Fsp3) is 0.348. The molecule has 0 unspecified atom stereocenters. The molecule has 3 aromatic rings. The molecule has 1 aliphatic rings. The third-order valence-electron chi connectivity index (χ3n) is 6.04. The minimum absolute atomic E-state index is 0. The van der Waals surface area contributed by atoms with Crippen molar-refractivity contribution in [3.63, 3.8) is 0 Å². The molecule has 15 heteroatoms. The highest BCUT2D eigenvalue weighted by Crippen LogP contribution is 2.39. The van der Waals surface area contributed by atoms with Crippen LogP contribution in [0.4, 0.5) is 30.7 Å². The average molecular weight is 568 g/mol. The number of nitrogens with two attached hydrogens (primary N) is 1. The number of fused-ring (bicyclic) bond motifs is 1. The van der Waals surface area contributed by atoms with Crippen molar-refractivity contribution in [1.29, 1.82) is 0 Å². The lowest BCUT2D eigenvalue weighted by Crippen LogP contribution is -2.47. The SMILES string of the molecule is Cl.N[C@@H](CC(=O)N1CCn2c(nnc2C(F)(F)F)[C@H]1[C@@H](O)c1ccc(F)cc1)Cc1cc(F)c(F)cc1F. The molecule has 0 bridgehead atoms. The fourth-order valence-corrected chi connectivity index (χ4v) is 4.30. The van der Waals surface area contributed by atoms with Crippen molar-refractivity contribution in [2.45, 2.75) is 43.8 Å². The number of halogens is 8. The summed E-state index contributed by atoms with van der Waals surface area (Å²) in [6.07, 6.45) is -7.28. The second-order valence-corrected chi connectivity index (χ2v) is 8.59. The van der Waals surface area contributed by atoms with Gasteiger partial charge in [-0.05, 0) is 35.7 Å². The predicted molar refractivity (Wildman–Crippen MR) is 121 cm³/mol. The van der Waals surface area contributed by atoms with Crippen LogP contribution >= 0.6 is 12.4 Å². The van der Waals surface area contributed by atoms with Gasteiger partial charge in [-0.1, -0.05) is 12.1 Å². The van der Waals surface area contributed by atoms with Crippen LogP contribution in [0.2, 0.25) is 0 Å². The number of alkyl halides is 3. The third kappa shape index (κ3) is 5.92. The molecule has 3 N–H and O–H groups in total. The first-order valence-electron chi connectivity index (χ1n) is 11.0. The Morgan fingerprint density at radius 2 is 1.66 bits per heavy atom. The zero-order chi connectivity index (χ0) is 27.1. The summed E-state index contributed by atoms with van der Waals surface area (Å²) in [4.78, 5) is 14.3. The Balaban J connectivity index is 0.00000400. The van der Waals surface area contributed by atoms with Gasteiger partial charge >= 0.3 is 6.18 Å². The van der Waals surface area contributed by atoms with E-state index in [-0.39, 0.29) is 48.9 Å². The first-order chi connectivity index (χ1) is 17.4. The molecule has 4 rings (SSSR count). The average Bonchev–Trinajstić information content (AvgIpc) is 3.27. The lowest BCUT2D eigenvalue weighted by molar-refractivity contribution is -0.149. The lowest BCUT2D eigenvalue weighted by atomic mass is 9.97. The standard InChI is InChI=1S/C23H20F7N5O2.ClH/c24-13-3-1-11(2-4-13)20(37)19-21-32-33-22(23(28,29)30)35(21)6-5-34(19)18(36)9-14(31)7-12-8-16(26)17(27)10-15(12)25;/h1-4,8,10,14,19-20,37H,5-7,9,31H2;1H/t14-,19-,20+;/m1./s1. The number of benzene rings is 2. The second-order valence-electron chi connectivity index (χ2n) is 8.59. The summed E-state index contributed by atoms with van der Waals surface area (Å²) in [6, 6.07) is 2.93. The number of nitrogens with zero attached hydrogens (tertiary/aromatic N) is 4. The minimum Gasteiger partial charge on any atom is -0.386 e. The number of aromatic nitrogens is 3. The van der Waals surface area contributed by atoms with E-state index >= 15 is 0 Å². The first-order valence-corrected chi connectivity index (χ1v) is 11.0. The summed E-state index contributed by atoms with van der Waals surface area (Å²) in [5, 5.41) is 17.8. The molecule has 206 valence electrons. The van der Waals surface area contributed by atoms with Crippen LogP contribution in [-0.2, 0) is 23.9 Å². The number of hydrogen-bond donors (Lipinski definition) is 2. The van der Waals surface area contributed by atoms with Gasteiger partial charge in [-0.2, -0.15) is 13.2 Å². The van der Waals surface area contributed by atoms with Gasteiger partial charge in [0.25, 0.3) is 0 Å². The number of amides is 1. The highest BCUT2D eigenvalue weighted by atomic mass is 35.5. The van der Waals surface area contributed by atoms with E-state index in [1.165, 1.54) is 12.1 Å². The van der Waals surface area contributed by atoms with Gasteiger partial charge in [0.2, 0.25) is 11.7 Å². The Kier molecular flexibility index (Phi) is 8.68. The van der Waals surface area contributed by atoms with Crippen LogP contribution in [0.5, 0.6) is 0 Å². The summed E-state index contributed by atoms with van der Waals surface area (Å²) in [7, 11) is 0. The van der Waals surface area contributed by atoms with Crippen molar-refractivity contribution in [2.75, 3.05) is 6.54 Å². The largest absolute Gasteiger partial charge is 0.451 e. The molecule has 0 saturated carbocycles. The molecule has 3 atom stereocenters. The van der Waals surface area contributed by atoms with Crippen molar-refractivity contribution >= 4 is 18.3 Å². The number of carbonyl (C=O) groups is 1. The molecule has 2 heterocycles. The van der Waals surface area contributed by atoms with E-state index in [1.54, 1.807) is 0 Å². The Hall–Kier alpha value is -3.23. The van der Waals surface area contributed by atoms with Crippen LogP contribution < -0.4 is 5.73 Å². The highest BCUT2D eigenvalue weighted by Gasteiger charge is 2.45. The van der Waals surface area contributed by atoms with Gasteiger partial charge in [0.15, 0.2) is 17.5 Å². The molecular weight excluding hydrogens is 547 g/mol. The molecule has 0 spiro atoms. The van der Waals surface area contributed by atoms with Crippen molar-refractivity contribution in [3.05, 3.63) is 82.4 Å². The van der Waals surface area contributed by atoms with Gasteiger partial charge in [0, 0.05) is 31.6 Å². The Morgan fingerprint density at radius 1 is 1.03 bits per heavy atom. The van der Waals surface area contributed by atoms with Gasteiger partial charge in [-0.25, -0.2) is 17.6 Å². The molecule has 0 aliphatic carbocycles. The molecule has 0 radical (unpaired) electrons. The van der Waals surface area contributed by atoms with Crippen molar-refractivity contribution < 1.29 is 40.6 Å². The molecule has 38 heavy (non-hydrogen) atoms. The topological polar surface area (TPSA) is 97.3 Å². The summed E-state index contributed by atoms with van der Waals surface area (Å²) >= 11 is 0. The van der Waals surface area contributed by atoms with Crippen molar-refractivity contribution in [2.24, 2.45) is 5.73 Å². The predicted octanol–water partition coefficient (Wildman–Crippen LogP) is 3.85. The minimum atomic E-state index is -4.85. The molecule has 2 aromatic carbocycles. The third-order valence-corrected chi connectivity index (χ3v) is 6.04. The molecule has 1 aromatic heterocycles. The van der Waals surface area contributed by atoms with E-state index < -0.39 is 65.8 Å². The first kappa shape index (κ1) is 29.3. The number of rotatable bonds is 6. The molecule has 0 saturated heterocycles. The van der Waals surface area contributed by atoms with E-state index in [0.29, 0.717) is 12.1 Å². The number of aliphatic hydroxyl groups excluding tert-OH is 1. The normalized spacial score (nSPS) is 17.0. The van der Waals surface area contributed by atoms with Crippen molar-refractivity contribution in [1.82, 2.24) is 19.7 Å². The van der Waals surface area contributed by atoms with Crippen LogP contribution in [0.15, 0.2) is 36.4 Å². The van der Waals surface area contributed by atoms with Crippen LogP contribution in [0.25, 0.3) is 0 Å². The highest BCUT2D eigenvalue weighted by molar-refractivity contribution is 5.85. The van der Waals surface area contributed by atoms with E-state index in [0.717, 1.165) is 21.6 Å². The second kappa shape index (κ2) is 11.3. The van der Waals surface area contributed by atoms with E-state index in [9.17, 15) is 40.6 Å². The Morgan fingerprint density at radius 3 is 2.29 bits per heavy atom. The molecular formula is C23H21ClF7N5O2. The zero-order valence-corrected chi connectivity index (χ0v) is 20.1. The van der Waals surface area contributed by atoms with Gasteiger partial charge < -0.3 is 20.3 Å². The van der Waals surface area contributed by atoms with E-state index in [4.69, 9.17) is 5.73 Å². The van der Waals surface area contributed by atoms with Gasteiger partial charge in [0.1, 0.15) is 23.8 Å². The fourth-order valence-electron chi connectivity index (χ4n) is 4.30. The maximum absolute atomic E-state index is 14.0. The number of carbonyl (C=O) groups excluding carboxylic acids is 1. The van der Waals surface area contributed by atoms with Gasteiger partial charge in [-0.15, -0.1) is 22.6 Å². The molecule has 1 amide bonds. The monoisotopic (exact) mass is 567 g/mol. The zero-order valence-electron chi connectivity index (χ0n) is 19.3. The van der Waals surface area contributed by atoms with Gasteiger partial charge in [0.05, 0.1) is 0 Å². The van der Waals surface area contributed by atoms with Crippen LogP contribution in [0, 0.1) is 23.3 Å². The summed E-state index contributed by atoms with van der Waals surface area (Å²) < 4.78 is 95.1. The van der Waals surface area contributed by atoms with Gasteiger partial charge in [-0.3, -0.25) is 4.79 Å². The summed E-state index contributed by atoms with van der Waals surface area (Å²) in [6.45, 7) is -0.634. The molecule has 7 nitrogen and oxygen atoms in total. The van der Waals surface area contributed by atoms with Crippen LogP contribution in [-0.4, -0.2) is 43.3 Å². The Labute approximate surface area is 217 Å². The summed E-state index contributed by atoms with van der Waals surface area (Å²) in [5.74, 6) is -6.74. The maximum atomic E-state index is 14.0. The van der Waals surface area contributed by atoms with Crippen LogP contribution in [0.3, 0.4) is 0 Å². The molecule has 0 fully saturated rings. The quantitative estimate of drug-likeness (QED) is 0.348. The van der Waals surface area contributed by atoms with Crippen LogP contribution in [0.1, 0.15) is 41.3 Å². The van der Waals surface area contributed by atoms with E-state index in [1.807, 2.05) is 0 Å². The lowest BCUT2D eigenvalue weighted by Gasteiger charge is -2.39. The smallest absolute Gasteiger partial charge is 0.386 e. The maximum Gasteiger partial charge on any atom is 0.451 e. The van der Waals surface area contributed by atoms with E-state index in [2.05, 4.69) is 10.2 Å². The number of hydrogen-bond acceptors (Lipinski definition) is 5. The Bertz CT molecular complexity index is 1300.